The number of hydrogen-bond donors (Lipinski definition) is 0. The molecule has 2 aliphatic heterocycles. The maximum atomic E-state index is 13.6. The minimum Gasteiger partial charge on any atom is -0.471 e. The summed E-state index contributed by atoms with van der Waals surface area (Å²) in [6.45, 7) is 0.661. The van der Waals surface area contributed by atoms with Gasteiger partial charge in [0.05, 0.1) is 6.61 Å². The number of fused-ring (bicyclic) bond motifs is 6. The summed E-state index contributed by atoms with van der Waals surface area (Å²) >= 11 is 0. The number of nitrogens with zero attached hydrogens (tertiary/aromatic N) is 8. The molecule has 2 aromatic rings. The van der Waals surface area contributed by atoms with Gasteiger partial charge in [0, 0.05) is 55.0 Å². The van der Waals surface area contributed by atoms with E-state index in [1.807, 2.05) is 36.4 Å². The van der Waals surface area contributed by atoms with Crippen molar-refractivity contribution in [2.24, 2.45) is 20.2 Å². The zero-order valence-electron chi connectivity index (χ0n) is 27.4. The zero-order valence-corrected chi connectivity index (χ0v) is 27.4. The van der Waals surface area contributed by atoms with Gasteiger partial charge in [0.2, 0.25) is 11.8 Å². The van der Waals surface area contributed by atoms with E-state index >= 15 is 0 Å². The number of aliphatic imine (C=N–C) groups is 2. The van der Waals surface area contributed by atoms with E-state index in [0.717, 1.165) is 28.7 Å². The highest BCUT2D eigenvalue weighted by molar-refractivity contribution is 6.11. The SMILES string of the molecule is [N-]=[N+]=NCCCCCC(=O)OCCC(OC(=O)CCCCCN=[N+]=[N-])(C1=N[C@H]2c3ccccc3C[C@H]2O1)C1=N[C@H]2c3ccccc3C[C@H]2O1. The van der Waals surface area contributed by atoms with Gasteiger partial charge in [0.15, 0.2) is 0 Å². The first kappa shape index (κ1) is 33.8. The van der Waals surface area contributed by atoms with Crippen LogP contribution in [0.25, 0.3) is 20.9 Å². The highest BCUT2D eigenvalue weighted by atomic mass is 16.6. The first-order valence-electron chi connectivity index (χ1n) is 17.1. The summed E-state index contributed by atoms with van der Waals surface area (Å²) in [5.74, 6) is -0.462. The fourth-order valence-electron chi connectivity index (χ4n) is 7.01. The molecule has 14 heteroatoms. The molecule has 49 heavy (non-hydrogen) atoms. The molecular weight excluding hydrogens is 628 g/mol. The Balaban J connectivity index is 1.26. The van der Waals surface area contributed by atoms with Crippen molar-refractivity contribution in [3.63, 3.8) is 0 Å². The number of rotatable bonds is 18. The molecule has 0 spiro atoms. The Labute approximate surface area is 284 Å². The Morgan fingerprint density at radius 2 is 1.27 bits per heavy atom. The first-order chi connectivity index (χ1) is 24.0. The summed E-state index contributed by atoms with van der Waals surface area (Å²) in [6.07, 6.45) is 4.96. The van der Waals surface area contributed by atoms with Crippen LogP contribution in [-0.2, 0) is 41.4 Å². The molecule has 0 aromatic heterocycles. The van der Waals surface area contributed by atoms with Crippen molar-refractivity contribution in [3.8, 4) is 0 Å². The van der Waals surface area contributed by atoms with Crippen LogP contribution in [0.2, 0.25) is 0 Å². The van der Waals surface area contributed by atoms with Crippen molar-refractivity contribution >= 4 is 23.7 Å². The lowest BCUT2D eigenvalue weighted by Gasteiger charge is -2.32. The predicted molar refractivity (Wildman–Crippen MR) is 180 cm³/mol. The van der Waals surface area contributed by atoms with E-state index in [0.29, 0.717) is 58.0 Å². The van der Waals surface area contributed by atoms with Gasteiger partial charge in [-0.25, -0.2) is 9.98 Å². The molecule has 2 aliphatic carbocycles. The minimum atomic E-state index is -1.64. The van der Waals surface area contributed by atoms with E-state index in [2.05, 4.69) is 32.2 Å². The van der Waals surface area contributed by atoms with Gasteiger partial charge in [-0.05, 0) is 59.0 Å². The number of hydrogen-bond acceptors (Lipinski definition) is 10. The molecule has 0 amide bonds. The molecule has 0 bridgehead atoms. The molecule has 0 fully saturated rings. The fraction of sp³-hybridized carbons (Fsp3) is 0.543. The highest BCUT2D eigenvalue weighted by Gasteiger charge is 2.57. The van der Waals surface area contributed by atoms with Crippen molar-refractivity contribution in [2.45, 2.75) is 101 Å². The lowest BCUT2D eigenvalue weighted by molar-refractivity contribution is -0.153. The van der Waals surface area contributed by atoms with Crippen LogP contribution >= 0.6 is 0 Å². The summed E-state index contributed by atoms with van der Waals surface area (Å²) in [6, 6.07) is 15.6. The van der Waals surface area contributed by atoms with Crippen LogP contribution in [0, 0.1) is 0 Å². The molecule has 0 saturated heterocycles. The van der Waals surface area contributed by atoms with E-state index in [9.17, 15) is 9.59 Å². The van der Waals surface area contributed by atoms with Gasteiger partial charge in [-0.2, -0.15) is 0 Å². The van der Waals surface area contributed by atoms with Crippen molar-refractivity contribution in [3.05, 3.63) is 91.7 Å². The topological polar surface area (TPSA) is 193 Å². The third-order valence-electron chi connectivity index (χ3n) is 9.43. The Morgan fingerprint density at radius 3 is 1.80 bits per heavy atom. The van der Waals surface area contributed by atoms with E-state index in [4.69, 9.17) is 40.0 Å². The predicted octanol–water partition coefficient (Wildman–Crippen LogP) is 7.13. The Morgan fingerprint density at radius 1 is 0.755 bits per heavy atom. The van der Waals surface area contributed by atoms with Crippen LogP contribution in [0.4, 0.5) is 0 Å². The van der Waals surface area contributed by atoms with Crippen LogP contribution in [0.5, 0.6) is 0 Å². The molecule has 0 unspecified atom stereocenters. The van der Waals surface area contributed by atoms with Gasteiger partial charge >= 0.3 is 11.9 Å². The monoisotopic (exact) mass is 668 g/mol. The largest absolute Gasteiger partial charge is 0.471 e. The Bertz CT molecular complexity index is 1620. The molecular formula is C35H40N8O6. The van der Waals surface area contributed by atoms with Crippen molar-refractivity contribution in [1.29, 1.82) is 0 Å². The zero-order chi connectivity index (χ0) is 34.1. The van der Waals surface area contributed by atoms with Crippen molar-refractivity contribution in [2.75, 3.05) is 19.7 Å². The molecule has 6 rings (SSSR count). The van der Waals surface area contributed by atoms with E-state index in [1.165, 1.54) is 0 Å². The Hall–Kier alpha value is -5.06. The van der Waals surface area contributed by atoms with Gasteiger partial charge in [-0.3, -0.25) is 9.59 Å². The second-order valence-corrected chi connectivity index (χ2v) is 12.7. The molecule has 4 atom stereocenters. The van der Waals surface area contributed by atoms with E-state index < -0.39 is 11.6 Å². The number of carbonyl (C=O) groups excluding carboxylic acids is 2. The minimum absolute atomic E-state index is 0.0120. The lowest BCUT2D eigenvalue weighted by atomic mass is 9.98. The number of ether oxygens (including phenoxy) is 4. The number of azide groups is 2. The van der Waals surface area contributed by atoms with Gasteiger partial charge in [-0.1, -0.05) is 71.6 Å². The third kappa shape index (κ3) is 7.66. The molecule has 2 heterocycles. The number of carbonyl (C=O) groups is 2. The average molecular weight is 669 g/mol. The highest BCUT2D eigenvalue weighted by Crippen LogP contribution is 2.46. The summed E-state index contributed by atoms with van der Waals surface area (Å²) in [4.78, 5) is 42.0. The average Bonchev–Trinajstić information content (AvgIpc) is 3.87. The maximum absolute atomic E-state index is 13.6. The second-order valence-electron chi connectivity index (χ2n) is 12.7. The third-order valence-corrected chi connectivity index (χ3v) is 9.43. The van der Waals surface area contributed by atoms with Gasteiger partial charge in [0.25, 0.3) is 5.60 Å². The number of esters is 2. The van der Waals surface area contributed by atoms with E-state index in [1.54, 1.807) is 0 Å². The van der Waals surface area contributed by atoms with Crippen LogP contribution in [0.3, 0.4) is 0 Å². The van der Waals surface area contributed by atoms with Crippen LogP contribution in [0.1, 0.15) is 92.1 Å². The van der Waals surface area contributed by atoms with Crippen LogP contribution in [0.15, 0.2) is 68.7 Å². The standard InChI is InChI=1S/C35H40N8O6/c36-42-38-18-9-1-3-15-29(44)46-20-17-35(49-30(45)16-4-2-10-19-39-43-37,33-40-31-25-13-7-5-11-23(25)21-27(31)47-33)34-41-32-26-14-8-6-12-24(26)22-28(32)48-34/h5-8,11-14,27-28,31-32H,1-4,9-10,15-22H2/t27-,28-,31+,32+/m1/s1. The number of benzene rings is 2. The quantitative estimate of drug-likeness (QED) is 0.0532. The summed E-state index contributed by atoms with van der Waals surface area (Å²) in [7, 11) is 0. The van der Waals surface area contributed by atoms with Gasteiger partial charge in [-0.15, -0.1) is 0 Å². The molecule has 14 nitrogen and oxygen atoms in total. The number of unbranched alkanes of at least 4 members (excludes halogenated alkanes) is 4. The molecule has 0 N–H and O–H groups in total. The first-order valence-corrected chi connectivity index (χ1v) is 17.1. The van der Waals surface area contributed by atoms with Crippen LogP contribution in [-0.4, -0.2) is 61.2 Å². The molecule has 4 aliphatic rings. The van der Waals surface area contributed by atoms with Gasteiger partial charge in [0.1, 0.15) is 24.3 Å². The van der Waals surface area contributed by atoms with Gasteiger partial charge < -0.3 is 18.9 Å². The lowest BCUT2D eigenvalue weighted by Crippen LogP contribution is -2.52. The second kappa shape index (κ2) is 15.9. The summed E-state index contributed by atoms with van der Waals surface area (Å²) in [5, 5.41) is 7.09. The molecule has 0 saturated carbocycles. The fourth-order valence-corrected chi connectivity index (χ4v) is 7.01. The summed E-state index contributed by atoms with van der Waals surface area (Å²) in [5.41, 5.74) is 19.8. The van der Waals surface area contributed by atoms with E-state index in [-0.39, 0.29) is 67.9 Å². The van der Waals surface area contributed by atoms with Crippen molar-refractivity contribution in [1.82, 2.24) is 0 Å². The molecule has 2 aromatic carbocycles. The Kier molecular flexibility index (Phi) is 11.0. The maximum Gasteiger partial charge on any atom is 0.307 e. The summed E-state index contributed by atoms with van der Waals surface area (Å²) < 4.78 is 25.2. The van der Waals surface area contributed by atoms with Crippen LogP contribution < -0.4 is 0 Å². The van der Waals surface area contributed by atoms with Crippen molar-refractivity contribution < 1.29 is 28.5 Å². The molecule has 256 valence electrons. The normalized spacial score (nSPS) is 21.0. The smallest absolute Gasteiger partial charge is 0.307 e. The molecule has 0 radical (unpaired) electrons.